The third-order valence-electron chi connectivity index (χ3n) is 3.65. The highest BCUT2D eigenvalue weighted by Crippen LogP contribution is 2.29. The summed E-state index contributed by atoms with van der Waals surface area (Å²) >= 11 is 0. The van der Waals surface area contributed by atoms with Crippen molar-refractivity contribution in [1.82, 2.24) is 4.90 Å². The van der Waals surface area contributed by atoms with Crippen molar-refractivity contribution in [3.8, 4) is 0 Å². The van der Waals surface area contributed by atoms with E-state index in [0.29, 0.717) is 6.04 Å². The molecule has 2 unspecified atom stereocenters. The molecule has 3 heteroatoms. The molecule has 0 saturated carbocycles. The summed E-state index contributed by atoms with van der Waals surface area (Å²) in [6.07, 6.45) is 1.95. The average molecular weight is 234 g/mol. The highest BCUT2D eigenvalue weighted by Gasteiger charge is 2.30. The van der Waals surface area contributed by atoms with Gasteiger partial charge in [0.25, 0.3) is 0 Å². The first kappa shape index (κ1) is 12.4. The van der Waals surface area contributed by atoms with Crippen molar-refractivity contribution < 1.29 is 5.11 Å². The second-order valence-corrected chi connectivity index (χ2v) is 5.42. The van der Waals surface area contributed by atoms with E-state index in [4.69, 9.17) is 5.73 Å². The molecule has 3 N–H and O–H groups in total. The number of likely N-dealkylation sites (tertiary alicyclic amines) is 1. The van der Waals surface area contributed by atoms with Gasteiger partial charge in [0.05, 0.1) is 5.60 Å². The number of nitrogen functional groups attached to an aromatic ring is 1. The van der Waals surface area contributed by atoms with Gasteiger partial charge < -0.3 is 10.8 Å². The van der Waals surface area contributed by atoms with Crippen LogP contribution in [0.1, 0.15) is 38.3 Å². The lowest BCUT2D eigenvalue weighted by molar-refractivity contribution is -0.0280. The van der Waals surface area contributed by atoms with Crippen LogP contribution in [0.15, 0.2) is 24.3 Å². The van der Waals surface area contributed by atoms with E-state index in [9.17, 15) is 5.11 Å². The van der Waals surface area contributed by atoms with Crippen molar-refractivity contribution in [2.24, 2.45) is 0 Å². The van der Waals surface area contributed by atoms with Gasteiger partial charge in [0, 0.05) is 18.3 Å². The van der Waals surface area contributed by atoms with Gasteiger partial charge in [-0.1, -0.05) is 12.1 Å². The molecular formula is C14H22N2O. The normalized spacial score (nSPS) is 27.9. The van der Waals surface area contributed by atoms with Gasteiger partial charge in [-0.05, 0) is 50.9 Å². The van der Waals surface area contributed by atoms with Crippen molar-refractivity contribution in [2.45, 2.75) is 38.3 Å². The molecule has 1 aliphatic heterocycles. The van der Waals surface area contributed by atoms with Crippen LogP contribution in [0.4, 0.5) is 5.69 Å². The fraction of sp³-hybridized carbons (Fsp3) is 0.571. The third-order valence-corrected chi connectivity index (χ3v) is 3.65. The number of hydrogen-bond donors (Lipinski definition) is 2. The smallest absolute Gasteiger partial charge is 0.0746 e. The van der Waals surface area contributed by atoms with Crippen molar-refractivity contribution >= 4 is 5.69 Å². The maximum absolute atomic E-state index is 10.1. The molecular weight excluding hydrogens is 212 g/mol. The highest BCUT2D eigenvalue weighted by molar-refractivity contribution is 5.41. The van der Waals surface area contributed by atoms with Gasteiger partial charge in [0.15, 0.2) is 0 Å². The van der Waals surface area contributed by atoms with Crippen molar-refractivity contribution in [2.75, 3.05) is 18.8 Å². The zero-order valence-electron chi connectivity index (χ0n) is 10.7. The molecule has 17 heavy (non-hydrogen) atoms. The van der Waals surface area contributed by atoms with E-state index in [0.717, 1.165) is 31.6 Å². The van der Waals surface area contributed by atoms with Gasteiger partial charge in [0.2, 0.25) is 0 Å². The van der Waals surface area contributed by atoms with E-state index in [1.807, 2.05) is 25.1 Å². The third kappa shape index (κ3) is 2.99. The standard InChI is InChI=1S/C14H22N2O/c1-11(12-5-3-6-13(15)9-12)16-8-4-7-14(2,17)10-16/h3,5-6,9,11,17H,4,7-8,10,15H2,1-2H3. The molecule has 2 rings (SSSR count). The van der Waals surface area contributed by atoms with Crippen LogP contribution in [-0.4, -0.2) is 28.7 Å². The predicted molar refractivity (Wildman–Crippen MR) is 70.7 cm³/mol. The average Bonchev–Trinajstić information content (AvgIpc) is 2.26. The van der Waals surface area contributed by atoms with E-state index in [1.54, 1.807) is 0 Å². The first-order valence-electron chi connectivity index (χ1n) is 6.30. The lowest BCUT2D eigenvalue weighted by atomic mass is 9.93. The second-order valence-electron chi connectivity index (χ2n) is 5.42. The van der Waals surface area contributed by atoms with Gasteiger partial charge >= 0.3 is 0 Å². The van der Waals surface area contributed by atoms with Crippen LogP contribution in [0.25, 0.3) is 0 Å². The van der Waals surface area contributed by atoms with Crippen LogP contribution in [0.2, 0.25) is 0 Å². The minimum absolute atomic E-state index is 0.310. The SMILES string of the molecule is CC(c1cccc(N)c1)N1CCCC(C)(O)C1. The van der Waals surface area contributed by atoms with E-state index < -0.39 is 5.60 Å². The molecule has 0 aromatic heterocycles. The molecule has 0 aliphatic carbocycles. The van der Waals surface area contributed by atoms with Gasteiger partial charge in [0.1, 0.15) is 0 Å². The molecule has 1 aromatic rings. The first-order valence-corrected chi connectivity index (χ1v) is 6.30. The van der Waals surface area contributed by atoms with E-state index in [-0.39, 0.29) is 0 Å². The lowest BCUT2D eigenvalue weighted by Gasteiger charge is -2.40. The Hall–Kier alpha value is -1.06. The van der Waals surface area contributed by atoms with Gasteiger partial charge in [-0.3, -0.25) is 4.90 Å². The number of nitrogens with two attached hydrogens (primary N) is 1. The maximum atomic E-state index is 10.1. The summed E-state index contributed by atoms with van der Waals surface area (Å²) in [6.45, 7) is 5.89. The number of benzene rings is 1. The number of hydrogen-bond acceptors (Lipinski definition) is 3. The number of aliphatic hydroxyl groups is 1. The van der Waals surface area contributed by atoms with Crippen molar-refractivity contribution in [3.05, 3.63) is 29.8 Å². The fourth-order valence-corrected chi connectivity index (χ4v) is 2.62. The number of piperidine rings is 1. The number of anilines is 1. The highest BCUT2D eigenvalue weighted by atomic mass is 16.3. The fourth-order valence-electron chi connectivity index (χ4n) is 2.62. The summed E-state index contributed by atoms with van der Waals surface area (Å²) in [5, 5.41) is 10.1. The van der Waals surface area contributed by atoms with Gasteiger partial charge in [-0.25, -0.2) is 0 Å². The summed E-state index contributed by atoms with van der Waals surface area (Å²) in [5.41, 5.74) is 7.29. The Morgan fingerprint density at radius 1 is 1.47 bits per heavy atom. The topological polar surface area (TPSA) is 49.5 Å². The minimum Gasteiger partial charge on any atom is -0.399 e. The first-order chi connectivity index (χ1) is 7.98. The van der Waals surface area contributed by atoms with Crippen molar-refractivity contribution in [1.29, 1.82) is 0 Å². The monoisotopic (exact) mass is 234 g/mol. The Labute approximate surface area is 103 Å². The van der Waals surface area contributed by atoms with Gasteiger partial charge in [-0.2, -0.15) is 0 Å². The van der Waals surface area contributed by atoms with E-state index in [1.165, 1.54) is 5.56 Å². The molecule has 1 aromatic carbocycles. The summed E-state index contributed by atoms with van der Waals surface area (Å²) in [6, 6.07) is 8.33. The van der Waals surface area contributed by atoms with Crippen LogP contribution in [0, 0.1) is 0 Å². The molecule has 0 radical (unpaired) electrons. The maximum Gasteiger partial charge on any atom is 0.0746 e. The summed E-state index contributed by atoms with van der Waals surface area (Å²) in [4.78, 5) is 2.33. The lowest BCUT2D eigenvalue weighted by Crippen LogP contribution is -2.46. The molecule has 0 spiro atoms. The Kier molecular flexibility index (Phi) is 3.40. The zero-order chi connectivity index (χ0) is 12.5. The van der Waals surface area contributed by atoms with Crippen LogP contribution in [0.3, 0.4) is 0 Å². The van der Waals surface area contributed by atoms with E-state index in [2.05, 4.69) is 17.9 Å². The van der Waals surface area contributed by atoms with Crippen LogP contribution in [-0.2, 0) is 0 Å². The molecule has 1 saturated heterocycles. The Morgan fingerprint density at radius 3 is 2.88 bits per heavy atom. The minimum atomic E-state index is -0.549. The summed E-state index contributed by atoms with van der Waals surface area (Å²) < 4.78 is 0. The largest absolute Gasteiger partial charge is 0.399 e. The van der Waals surface area contributed by atoms with Crippen LogP contribution in [0.5, 0.6) is 0 Å². The number of β-amino-alcohol motifs (C(OH)–C–C–N with tert-alkyl or cyclic N) is 1. The summed E-state index contributed by atoms with van der Waals surface area (Å²) in [7, 11) is 0. The Bertz CT molecular complexity index is 390. The van der Waals surface area contributed by atoms with E-state index >= 15 is 0 Å². The molecule has 0 bridgehead atoms. The molecule has 3 nitrogen and oxygen atoms in total. The number of nitrogens with zero attached hydrogens (tertiary/aromatic N) is 1. The summed E-state index contributed by atoms with van der Waals surface area (Å²) in [5.74, 6) is 0. The zero-order valence-corrected chi connectivity index (χ0v) is 10.7. The van der Waals surface area contributed by atoms with Crippen molar-refractivity contribution in [3.63, 3.8) is 0 Å². The molecule has 2 atom stereocenters. The predicted octanol–water partition coefficient (Wildman–Crippen LogP) is 2.18. The number of rotatable bonds is 2. The Morgan fingerprint density at radius 2 is 2.24 bits per heavy atom. The molecule has 94 valence electrons. The molecule has 1 aliphatic rings. The molecule has 0 amide bonds. The Balaban J connectivity index is 2.12. The molecule has 1 heterocycles. The second kappa shape index (κ2) is 4.67. The van der Waals surface area contributed by atoms with Crippen LogP contribution >= 0.6 is 0 Å². The van der Waals surface area contributed by atoms with Crippen LogP contribution < -0.4 is 5.73 Å². The molecule has 1 fully saturated rings. The van der Waals surface area contributed by atoms with Gasteiger partial charge in [-0.15, -0.1) is 0 Å². The quantitative estimate of drug-likeness (QED) is 0.771.